The summed E-state index contributed by atoms with van der Waals surface area (Å²) in [5.74, 6) is 10.5. The summed E-state index contributed by atoms with van der Waals surface area (Å²) in [6.07, 6.45) is 0. The van der Waals surface area contributed by atoms with Crippen LogP contribution in [0.4, 0.5) is 0 Å². The van der Waals surface area contributed by atoms with Crippen LogP contribution in [0, 0.1) is 0 Å². The van der Waals surface area contributed by atoms with Crippen molar-refractivity contribution in [3.8, 4) is 0 Å². The monoisotopic (exact) mass is 314 g/mol. The number of rotatable bonds is 6. The van der Waals surface area contributed by atoms with E-state index in [-0.39, 0.29) is 25.3 Å². The number of hydrogen-bond acceptors (Lipinski definition) is 5. The van der Waals surface area contributed by atoms with Gasteiger partial charge in [-0.1, -0.05) is 36.4 Å². The van der Waals surface area contributed by atoms with Crippen LogP contribution in [-0.2, 0) is 4.74 Å². The molecule has 2 rings (SSSR count). The predicted molar refractivity (Wildman–Crippen MR) is 84.4 cm³/mol. The molecule has 2 aromatic carbocycles. The highest BCUT2D eigenvalue weighted by molar-refractivity contribution is 5.94. The molecule has 0 aliphatic heterocycles. The van der Waals surface area contributed by atoms with E-state index in [1.807, 2.05) is 0 Å². The lowest BCUT2D eigenvalue weighted by Crippen LogP contribution is -2.43. The first kappa shape index (κ1) is 16.6. The van der Waals surface area contributed by atoms with E-state index < -0.39 is 0 Å². The summed E-state index contributed by atoms with van der Waals surface area (Å²) in [4.78, 5) is 24.0. The Bertz CT molecular complexity index is 591. The van der Waals surface area contributed by atoms with Gasteiger partial charge in [-0.3, -0.25) is 19.6 Å². The fourth-order valence-electron chi connectivity index (χ4n) is 1.85. The summed E-state index contributed by atoms with van der Waals surface area (Å²) in [5, 5.41) is 1.83. The molecule has 7 heteroatoms. The maximum absolute atomic E-state index is 12.0. The number of hydrogen-bond donors (Lipinski definition) is 2. The van der Waals surface area contributed by atoms with E-state index in [0.717, 1.165) is 10.0 Å². The molecule has 0 radical (unpaired) electrons. The molecule has 4 N–H and O–H groups in total. The first-order chi connectivity index (χ1) is 11.1. The van der Waals surface area contributed by atoms with Gasteiger partial charge in [0.2, 0.25) is 0 Å². The molecule has 2 amide bonds. The van der Waals surface area contributed by atoms with Gasteiger partial charge in [0.05, 0.1) is 0 Å². The number of benzene rings is 2. The Morgan fingerprint density at radius 1 is 0.739 bits per heavy atom. The molecule has 0 fully saturated rings. The quantitative estimate of drug-likeness (QED) is 0.358. The molecular formula is C16H18N4O3. The molecule has 0 bridgehead atoms. The number of ether oxygens (including phenoxy) is 1. The lowest BCUT2D eigenvalue weighted by Gasteiger charge is -2.20. The molecule has 0 heterocycles. The number of carbonyl (C=O) groups is 2. The number of amides is 2. The molecule has 0 aliphatic rings. The molecule has 23 heavy (non-hydrogen) atoms. The highest BCUT2D eigenvalue weighted by atomic mass is 16.5. The zero-order chi connectivity index (χ0) is 16.7. The average Bonchev–Trinajstić information content (AvgIpc) is 2.61. The molecule has 120 valence electrons. The Labute approximate surface area is 134 Å². The Morgan fingerprint density at radius 3 is 1.43 bits per heavy atom. The van der Waals surface area contributed by atoms with E-state index in [0.29, 0.717) is 11.1 Å². The zero-order valence-electron chi connectivity index (χ0n) is 12.5. The van der Waals surface area contributed by atoms with Gasteiger partial charge < -0.3 is 4.74 Å². The lowest BCUT2D eigenvalue weighted by atomic mass is 10.2. The van der Waals surface area contributed by atoms with Crippen molar-refractivity contribution < 1.29 is 14.3 Å². The highest BCUT2D eigenvalue weighted by Crippen LogP contribution is 2.03. The number of nitrogens with two attached hydrogens (primary N) is 2. The maximum Gasteiger partial charge on any atom is 0.269 e. The smallest absolute Gasteiger partial charge is 0.269 e. The SMILES string of the molecule is NN(COCN(N)C(=O)c1ccccc1)C(=O)c1ccccc1. The topological polar surface area (TPSA) is 102 Å². The van der Waals surface area contributed by atoms with Crippen molar-refractivity contribution in [3.63, 3.8) is 0 Å². The molecular weight excluding hydrogens is 296 g/mol. The molecule has 2 aromatic rings. The third-order valence-electron chi connectivity index (χ3n) is 3.02. The number of carbonyl (C=O) groups excluding carboxylic acids is 2. The number of hydrazine groups is 2. The van der Waals surface area contributed by atoms with Crippen molar-refractivity contribution >= 4 is 11.8 Å². The van der Waals surface area contributed by atoms with Crippen LogP contribution in [0.1, 0.15) is 20.7 Å². The molecule has 0 aromatic heterocycles. The second-order valence-electron chi connectivity index (χ2n) is 4.74. The van der Waals surface area contributed by atoms with Gasteiger partial charge in [-0.05, 0) is 24.3 Å². The van der Waals surface area contributed by atoms with Crippen LogP contribution in [0.3, 0.4) is 0 Å². The van der Waals surface area contributed by atoms with Crippen molar-refractivity contribution in [2.24, 2.45) is 11.7 Å². The first-order valence-electron chi connectivity index (χ1n) is 6.90. The second kappa shape index (κ2) is 8.04. The molecule has 0 aliphatic carbocycles. The van der Waals surface area contributed by atoms with Crippen LogP contribution < -0.4 is 11.7 Å². The minimum atomic E-state index is -0.386. The van der Waals surface area contributed by atoms with Crippen molar-refractivity contribution in [2.75, 3.05) is 13.5 Å². The zero-order valence-corrected chi connectivity index (χ0v) is 12.5. The standard InChI is InChI=1S/C16H18N4O3/c17-19(15(21)13-7-3-1-4-8-13)11-23-12-20(18)16(22)14-9-5-2-6-10-14/h1-10H,11-12,17-18H2. The van der Waals surface area contributed by atoms with Gasteiger partial charge in [-0.15, -0.1) is 0 Å². The van der Waals surface area contributed by atoms with Gasteiger partial charge in [-0.2, -0.15) is 0 Å². The van der Waals surface area contributed by atoms with E-state index >= 15 is 0 Å². The molecule has 0 atom stereocenters. The Kier molecular flexibility index (Phi) is 5.81. The van der Waals surface area contributed by atoms with Crippen molar-refractivity contribution in [3.05, 3.63) is 71.8 Å². The van der Waals surface area contributed by atoms with E-state index in [9.17, 15) is 9.59 Å². The fraction of sp³-hybridized carbons (Fsp3) is 0.125. The predicted octanol–water partition coefficient (Wildman–Crippen LogP) is 0.950. The van der Waals surface area contributed by atoms with E-state index in [4.69, 9.17) is 16.4 Å². The minimum Gasteiger partial charge on any atom is -0.338 e. The maximum atomic E-state index is 12.0. The first-order valence-corrected chi connectivity index (χ1v) is 6.90. The second-order valence-corrected chi connectivity index (χ2v) is 4.74. The summed E-state index contributed by atoms with van der Waals surface area (Å²) in [7, 11) is 0. The van der Waals surface area contributed by atoms with E-state index in [2.05, 4.69) is 0 Å². The van der Waals surface area contributed by atoms with Crippen molar-refractivity contribution in [2.45, 2.75) is 0 Å². The van der Waals surface area contributed by atoms with E-state index in [1.54, 1.807) is 60.7 Å². The van der Waals surface area contributed by atoms with Gasteiger partial charge in [0.1, 0.15) is 13.5 Å². The summed E-state index contributed by atoms with van der Waals surface area (Å²) in [5.41, 5.74) is 0.895. The van der Waals surface area contributed by atoms with Crippen LogP contribution in [0.2, 0.25) is 0 Å². The minimum absolute atomic E-state index is 0.191. The van der Waals surface area contributed by atoms with Crippen LogP contribution in [0.15, 0.2) is 60.7 Å². The van der Waals surface area contributed by atoms with Crippen LogP contribution >= 0.6 is 0 Å². The summed E-state index contributed by atoms with van der Waals surface area (Å²) < 4.78 is 5.20. The summed E-state index contributed by atoms with van der Waals surface area (Å²) in [6.45, 7) is -0.382. The van der Waals surface area contributed by atoms with Gasteiger partial charge >= 0.3 is 0 Å². The van der Waals surface area contributed by atoms with Crippen molar-refractivity contribution in [1.29, 1.82) is 0 Å². The molecule has 0 saturated heterocycles. The third-order valence-corrected chi connectivity index (χ3v) is 3.02. The fourth-order valence-corrected chi connectivity index (χ4v) is 1.85. The normalized spacial score (nSPS) is 10.2. The highest BCUT2D eigenvalue weighted by Gasteiger charge is 2.14. The van der Waals surface area contributed by atoms with E-state index in [1.165, 1.54) is 0 Å². The largest absolute Gasteiger partial charge is 0.338 e. The molecule has 7 nitrogen and oxygen atoms in total. The van der Waals surface area contributed by atoms with Crippen LogP contribution in [0.25, 0.3) is 0 Å². The van der Waals surface area contributed by atoms with Gasteiger partial charge in [0.25, 0.3) is 11.8 Å². The van der Waals surface area contributed by atoms with Crippen LogP contribution in [-0.4, -0.2) is 35.3 Å². The Balaban J connectivity index is 1.80. The molecule has 0 unspecified atom stereocenters. The van der Waals surface area contributed by atoms with Gasteiger partial charge in [0, 0.05) is 11.1 Å². The average molecular weight is 314 g/mol. The lowest BCUT2D eigenvalue weighted by molar-refractivity contribution is -0.0183. The number of nitrogens with zero attached hydrogens (tertiary/aromatic N) is 2. The Hall–Kier alpha value is -2.74. The molecule has 0 saturated carbocycles. The van der Waals surface area contributed by atoms with Gasteiger partial charge in [0.15, 0.2) is 0 Å². The van der Waals surface area contributed by atoms with Gasteiger partial charge in [-0.25, -0.2) is 11.7 Å². The third kappa shape index (κ3) is 4.62. The van der Waals surface area contributed by atoms with Crippen LogP contribution in [0.5, 0.6) is 0 Å². The van der Waals surface area contributed by atoms with Crippen molar-refractivity contribution in [1.82, 2.24) is 10.0 Å². The summed E-state index contributed by atoms with van der Waals surface area (Å²) in [6, 6.07) is 17.2. The summed E-state index contributed by atoms with van der Waals surface area (Å²) >= 11 is 0. The Morgan fingerprint density at radius 2 is 1.09 bits per heavy atom. The molecule has 0 spiro atoms.